The molecule has 2 fully saturated rings. The summed E-state index contributed by atoms with van der Waals surface area (Å²) < 4.78 is 10.2. The molecule has 1 aliphatic carbocycles. The zero-order valence-electron chi connectivity index (χ0n) is 24.6. The van der Waals surface area contributed by atoms with Gasteiger partial charge in [0.25, 0.3) is 0 Å². The van der Waals surface area contributed by atoms with Gasteiger partial charge in [0.15, 0.2) is 0 Å². The van der Waals surface area contributed by atoms with Crippen molar-refractivity contribution in [3.05, 3.63) is 54.4 Å². The summed E-state index contributed by atoms with van der Waals surface area (Å²) in [5.41, 5.74) is 11.7. The molecule has 9 nitrogen and oxygen atoms in total. The van der Waals surface area contributed by atoms with Gasteiger partial charge in [-0.1, -0.05) is 0 Å². The van der Waals surface area contributed by atoms with E-state index in [9.17, 15) is 0 Å². The zero-order chi connectivity index (χ0) is 28.8. The van der Waals surface area contributed by atoms with Crippen LogP contribution in [-0.4, -0.2) is 82.9 Å². The van der Waals surface area contributed by atoms with Crippen LogP contribution in [0.3, 0.4) is 0 Å². The summed E-state index contributed by atoms with van der Waals surface area (Å²) in [6.07, 6.45) is 6.03. The number of anilines is 1. The Morgan fingerprint density at radius 1 is 0.952 bits per heavy atom. The number of morpholine rings is 1. The van der Waals surface area contributed by atoms with Crippen molar-refractivity contribution in [3.63, 3.8) is 0 Å². The first-order chi connectivity index (χ1) is 20.3. The summed E-state index contributed by atoms with van der Waals surface area (Å²) in [5, 5.41) is 15.2. The molecule has 0 bridgehead atoms. The second kappa shape index (κ2) is 11.1. The van der Waals surface area contributed by atoms with Crippen LogP contribution in [0.4, 0.5) is 5.82 Å². The third-order valence-electron chi connectivity index (χ3n) is 8.94. The van der Waals surface area contributed by atoms with Crippen LogP contribution in [-0.2, 0) is 10.2 Å². The van der Waals surface area contributed by atoms with Gasteiger partial charge in [-0.15, -0.1) is 0 Å². The first-order valence-corrected chi connectivity index (χ1v) is 17.1. The van der Waals surface area contributed by atoms with Gasteiger partial charge in [0.1, 0.15) is 0 Å². The number of nitrogen functional groups attached to an aromatic ring is 1. The van der Waals surface area contributed by atoms with Crippen LogP contribution in [0.5, 0.6) is 0 Å². The number of hydrogen-bond acceptors (Lipinski definition) is 7. The Balaban J connectivity index is 1.19. The van der Waals surface area contributed by atoms with E-state index in [0.717, 1.165) is 89.7 Å². The van der Waals surface area contributed by atoms with Crippen molar-refractivity contribution in [2.24, 2.45) is 0 Å². The van der Waals surface area contributed by atoms with Gasteiger partial charge in [-0.3, -0.25) is 0 Å². The van der Waals surface area contributed by atoms with Crippen molar-refractivity contribution in [1.82, 2.24) is 34.8 Å². The number of benzene rings is 2. The second-order valence-corrected chi connectivity index (χ2v) is 15.4. The van der Waals surface area contributed by atoms with E-state index in [1.807, 2.05) is 0 Å². The van der Waals surface area contributed by atoms with Crippen LogP contribution in [0.15, 0.2) is 48.8 Å². The van der Waals surface area contributed by atoms with Gasteiger partial charge in [-0.2, -0.15) is 0 Å². The predicted octanol–water partition coefficient (Wildman–Crippen LogP) is 3.45. The van der Waals surface area contributed by atoms with Crippen LogP contribution in [0.25, 0.3) is 33.2 Å². The van der Waals surface area contributed by atoms with Crippen molar-refractivity contribution in [2.45, 2.75) is 64.0 Å². The zero-order valence-corrected chi connectivity index (χ0v) is 26.7. The van der Waals surface area contributed by atoms with Crippen LogP contribution in [0.1, 0.15) is 58.1 Å². The Bertz CT molecular complexity index is 1710. The molecule has 7 rings (SSSR count). The van der Waals surface area contributed by atoms with Crippen molar-refractivity contribution in [1.29, 1.82) is 0 Å². The van der Waals surface area contributed by atoms with Crippen LogP contribution >= 0.6 is 0 Å². The summed E-state index contributed by atoms with van der Waals surface area (Å²) in [5.74, 6) is 0.475. The Labute approximate surface area is 252 Å². The molecule has 1 aliphatic heterocycles. The molecule has 1 saturated heterocycles. The Hall–Kier alpha value is -3.26. The monoisotopic (exact) mass is 626 g/mol. The van der Waals surface area contributed by atoms with Gasteiger partial charge in [-0.05, 0) is 0 Å². The third-order valence-corrected chi connectivity index (χ3v) is 11.5. The first-order valence-electron chi connectivity index (χ1n) is 15.0. The molecule has 1 saturated carbocycles. The molecule has 1 atom stereocenters. The number of aromatic amines is 1. The summed E-state index contributed by atoms with van der Waals surface area (Å²) in [7, 11) is 0. The standard InChI is InChI=1S/C32H39AsN8O/c1-32(2,3)21-5-7-22(8-6-21)33-29-25-18-20(4-13-26(25)37-38-29)28-27-30(34)35-19-36-31(27)41(39-28)24-11-9-23(10-12-24)40-14-16-42-17-15-40/h4-8,13,18-19,23-24,33H,9-12,14-17H2,1-3H3,(H,37,38)(H2,34,35,36). The van der Waals surface area contributed by atoms with Crippen LogP contribution in [0.2, 0.25) is 0 Å². The van der Waals surface area contributed by atoms with Crippen LogP contribution in [0, 0.1) is 0 Å². The number of aromatic nitrogens is 6. The number of nitrogens with two attached hydrogens (primary N) is 1. The molecule has 0 spiro atoms. The fraction of sp³-hybridized carbons (Fsp3) is 0.438. The van der Waals surface area contributed by atoms with Gasteiger partial charge in [-0.25, -0.2) is 0 Å². The van der Waals surface area contributed by atoms with Gasteiger partial charge >= 0.3 is 222 Å². The molecule has 3 N–H and O–H groups in total. The van der Waals surface area contributed by atoms with Crippen molar-refractivity contribution in [2.75, 3.05) is 32.0 Å². The van der Waals surface area contributed by atoms with E-state index in [4.69, 9.17) is 25.7 Å². The van der Waals surface area contributed by atoms with E-state index in [-0.39, 0.29) is 5.41 Å². The average Bonchev–Trinajstić information content (AvgIpc) is 3.60. The number of H-pyrrole nitrogens is 1. The molecule has 2 aromatic carbocycles. The van der Waals surface area contributed by atoms with E-state index in [0.29, 0.717) is 17.9 Å². The molecule has 0 radical (unpaired) electrons. The topological polar surface area (TPSA) is 111 Å². The van der Waals surface area contributed by atoms with Crippen LogP contribution < -0.4 is 14.6 Å². The van der Waals surface area contributed by atoms with E-state index in [2.05, 4.69) is 82.9 Å². The van der Waals surface area contributed by atoms with E-state index < -0.39 is 15.8 Å². The maximum absolute atomic E-state index is 6.49. The summed E-state index contributed by atoms with van der Waals surface area (Å²) in [6.45, 7) is 10.5. The fourth-order valence-electron chi connectivity index (χ4n) is 6.51. The maximum atomic E-state index is 6.49. The molecule has 1 unspecified atom stereocenters. The number of hydrogen-bond donors (Lipinski definition) is 2. The Kier molecular flexibility index (Phi) is 7.29. The number of rotatable bonds is 5. The Morgan fingerprint density at radius 3 is 2.43 bits per heavy atom. The summed E-state index contributed by atoms with van der Waals surface area (Å²) >= 11 is -0.620. The second-order valence-electron chi connectivity index (χ2n) is 12.6. The number of nitrogens with one attached hydrogen (secondary N) is 1. The third kappa shape index (κ3) is 5.23. The first kappa shape index (κ1) is 27.6. The molecule has 2 aliphatic rings. The van der Waals surface area contributed by atoms with Crippen molar-refractivity contribution in [3.8, 4) is 11.3 Å². The molecule has 4 heterocycles. The fourth-order valence-corrected chi connectivity index (χ4v) is 8.73. The molecular formula is C32H39AsN8O. The van der Waals surface area contributed by atoms with E-state index in [1.165, 1.54) is 9.91 Å². The van der Waals surface area contributed by atoms with Gasteiger partial charge in [0.05, 0.1) is 13.2 Å². The van der Waals surface area contributed by atoms with E-state index >= 15 is 0 Å². The predicted molar refractivity (Wildman–Crippen MR) is 170 cm³/mol. The summed E-state index contributed by atoms with van der Waals surface area (Å²) in [4.78, 5) is 11.7. The van der Waals surface area contributed by atoms with Gasteiger partial charge < -0.3 is 4.74 Å². The molecule has 218 valence electrons. The quantitative estimate of drug-likeness (QED) is 0.288. The average molecular weight is 627 g/mol. The molecule has 42 heavy (non-hydrogen) atoms. The van der Waals surface area contributed by atoms with Crippen molar-refractivity contribution < 1.29 is 4.74 Å². The normalized spacial score (nSPS) is 20.7. The minimum atomic E-state index is -0.620. The number of fused-ring (bicyclic) bond motifs is 2. The summed E-state index contributed by atoms with van der Waals surface area (Å²) in [6, 6.07) is 16.4. The van der Waals surface area contributed by atoms with E-state index in [1.54, 1.807) is 6.33 Å². The van der Waals surface area contributed by atoms with Gasteiger partial charge in [0, 0.05) is 13.1 Å². The molecule has 0 amide bonds. The number of ether oxygens (including phenoxy) is 1. The molecule has 10 heteroatoms. The SMILES string of the molecule is CC(C)(C)c1ccc([AsH]c2n[nH]c3ccc(-c4nn(C5CCC(N6CCOCC6)CC5)c5ncnc(N)c45)cc23)cc1. The number of nitrogens with zero attached hydrogens (tertiary/aromatic N) is 6. The van der Waals surface area contributed by atoms with Gasteiger partial charge in [0.2, 0.25) is 0 Å². The van der Waals surface area contributed by atoms with Crippen molar-refractivity contribution >= 4 is 52.3 Å². The Morgan fingerprint density at radius 2 is 1.69 bits per heavy atom. The molecule has 5 aromatic rings. The minimum absolute atomic E-state index is 0.145. The molecular weight excluding hydrogens is 587 g/mol. The molecule has 3 aromatic heterocycles.